The summed E-state index contributed by atoms with van der Waals surface area (Å²) in [4.78, 5) is 3.26. The van der Waals surface area contributed by atoms with Crippen LogP contribution in [0.3, 0.4) is 0 Å². The van der Waals surface area contributed by atoms with E-state index in [2.05, 4.69) is 4.85 Å². The van der Waals surface area contributed by atoms with Crippen molar-refractivity contribution in [1.29, 1.82) is 0 Å². The molecule has 52 valence electrons. The number of aryl methyl sites for hydroxylation is 1. The Kier molecular flexibility index (Phi) is 2.11. The van der Waals surface area contributed by atoms with E-state index in [-0.39, 0.29) is 0 Å². The van der Waals surface area contributed by atoms with Crippen molar-refractivity contribution in [2.75, 3.05) is 6.54 Å². The van der Waals surface area contributed by atoms with Crippen LogP contribution in [0.5, 0.6) is 0 Å². The molecule has 0 N–H and O–H groups in total. The van der Waals surface area contributed by atoms with Crippen LogP contribution in [-0.4, -0.2) is 6.54 Å². The van der Waals surface area contributed by atoms with Gasteiger partial charge in [0.2, 0.25) is 6.54 Å². The summed E-state index contributed by atoms with van der Waals surface area (Å²) in [5, 5.41) is 0. The van der Waals surface area contributed by atoms with Gasteiger partial charge in [-0.15, -0.1) is 0 Å². The molecule has 0 aliphatic rings. The van der Waals surface area contributed by atoms with Gasteiger partial charge in [0.1, 0.15) is 5.76 Å². The molecule has 0 saturated heterocycles. The summed E-state index contributed by atoms with van der Waals surface area (Å²) >= 11 is 0. The zero-order valence-corrected chi connectivity index (χ0v) is 5.92. The lowest BCUT2D eigenvalue weighted by atomic mass is 10.2. The summed E-state index contributed by atoms with van der Waals surface area (Å²) in [5.41, 5.74) is 1.15. The summed E-state index contributed by atoms with van der Waals surface area (Å²) in [5.74, 6) is 0.934. The Morgan fingerprint density at radius 3 is 3.00 bits per heavy atom. The SMILES string of the molecule is [C-]#[N+]CCc1ccoc1C. The molecule has 0 aromatic carbocycles. The van der Waals surface area contributed by atoms with E-state index in [1.54, 1.807) is 6.26 Å². The van der Waals surface area contributed by atoms with Gasteiger partial charge >= 0.3 is 0 Å². The second-order valence-electron chi connectivity index (χ2n) is 2.13. The molecular weight excluding hydrogens is 126 g/mol. The predicted molar refractivity (Wildman–Crippen MR) is 38.6 cm³/mol. The fourth-order valence-electron chi connectivity index (χ4n) is 0.847. The fraction of sp³-hybridized carbons (Fsp3) is 0.375. The van der Waals surface area contributed by atoms with Crippen molar-refractivity contribution in [3.63, 3.8) is 0 Å². The minimum Gasteiger partial charge on any atom is -0.469 e. The third-order valence-corrected chi connectivity index (χ3v) is 1.46. The molecule has 2 nitrogen and oxygen atoms in total. The lowest BCUT2D eigenvalue weighted by Gasteiger charge is -1.88. The number of nitrogens with zero attached hydrogens (tertiary/aromatic N) is 1. The van der Waals surface area contributed by atoms with E-state index in [9.17, 15) is 0 Å². The van der Waals surface area contributed by atoms with Gasteiger partial charge in [0.15, 0.2) is 0 Å². The van der Waals surface area contributed by atoms with Crippen molar-refractivity contribution in [1.82, 2.24) is 0 Å². The van der Waals surface area contributed by atoms with Gasteiger partial charge in [0, 0.05) is 12.0 Å². The summed E-state index contributed by atoms with van der Waals surface area (Å²) in [6, 6.07) is 1.92. The fourth-order valence-corrected chi connectivity index (χ4v) is 0.847. The summed E-state index contributed by atoms with van der Waals surface area (Å²) in [6.45, 7) is 9.04. The molecule has 0 saturated carbocycles. The molecule has 1 rings (SSSR count). The lowest BCUT2D eigenvalue weighted by molar-refractivity contribution is 0.530. The lowest BCUT2D eigenvalue weighted by Crippen LogP contribution is -1.86. The van der Waals surface area contributed by atoms with E-state index >= 15 is 0 Å². The molecule has 0 atom stereocenters. The van der Waals surface area contributed by atoms with Crippen LogP contribution in [0.25, 0.3) is 4.85 Å². The van der Waals surface area contributed by atoms with Gasteiger partial charge in [0.05, 0.1) is 6.26 Å². The van der Waals surface area contributed by atoms with E-state index in [4.69, 9.17) is 11.0 Å². The number of furan rings is 1. The summed E-state index contributed by atoms with van der Waals surface area (Å²) in [7, 11) is 0. The molecule has 0 aliphatic carbocycles. The van der Waals surface area contributed by atoms with Gasteiger partial charge in [0.25, 0.3) is 0 Å². The number of rotatable bonds is 2. The maximum atomic E-state index is 6.57. The Hall–Kier alpha value is -1.23. The van der Waals surface area contributed by atoms with Gasteiger partial charge < -0.3 is 9.26 Å². The zero-order valence-electron chi connectivity index (χ0n) is 5.92. The molecule has 0 spiro atoms. The minimum atomic E-state index is 0.556. The highest BCUT2D eigenvalue weighted by Crippen LogP contribution is 2.08. The van der Waals surface area contributed by atoms with E-state index < -0.39 is 0 Å². The number of hydrogen-bond donors (Lipinski definition) is 0. The highest BCUT2D eigenvalue weighted by molar-refractivity contribution is 5.16. The van der Waals surface area contributed by atoms with Crippen LogP contribution in [0, 0.1) is 13.5 Å². The van der Waals surface area contributed by atoms with Crippen LogP contribution in [0.1, 0.15) is 11.3 Å². The van der Waals surface area contributed by atoms with Crippen molar-refractivity contribution >= 4 is 0 Å². The second-order valence-corrected chi connectivity index (χ2v) is 2.13. The molecule has 0 fully saturated rings. The van der Waals surface area contributed by atoms with Crippen molar-refractivity contribution in [2.45, 2.75) is 13.3 Å². The van der Waals surface area contributed by atoms with Crippen LogP contribution in [0.2, 0.25) is 0 Å². The smallest absolute Gasteiger partial charge is 0.218 e. The van der Waals surface area contributed by atoms with Gasteiger partial charge in [-0.25, -0.2) is 6.57 Å². The molecule has 0 bridgehead atoms. The number of hydrogen-bond acceptors (Lipinski definition) is 1. The van der Waals surface area contributed by atoms with Gasteiger partial charge in [-0.05, 0) is 13.0 Å². The molecule has 10 heavy (non-hydrogen) atoms. The molecule has 0 radical (unpaired) electrons. The van der Waals surface area contributed by atoms with E-state index in [0.29, 0.717) is 6.54 Å². The highest BCUT2D eigenvalue weighted by atomic mass is 16.3. The molecule has 1 aromatic rings. The largest absolute Gasteiger partial charge is 0.469 e. The first-order valence-corrected chi connectivity index (χ1v) is 3.21. The average molecular weight is 135 g/mol. The Bertz CT molecular complexity index is 244. The maximum absolute atomic E-state index is 6.57. The van der Waals surface area contributed by atoms with Crippen molar-refractivity contribution < 1.29 is 4.42 Å². The van der Waals surface area contributed by atoms with Crippen LogP contribution < -0.4 is 0 Å². The topological polar surface area (TPSA) is 17.5 Å². The Morgan fingerprint density at radius 2 is 2.50 bits per heavy atom. The zero-order chi connectivity index (χ0) is 7.40. The maximum Gasteiger partial charge on any atom is 0.218 e. The summed E-state index contributed by atoms with van der Waals surface area (Å²) < 4.78 is 5.06. The first-order valence-electron chi connectivity index (χ1n) is 3.21. The molecule has 0 aliphatic heterocycles. The van der Waals surface area contributed by atoms with Crippen molar-refractivity contribution in [3.05, 3.63) is 35.1 Å². The molecule has 0 unspecified atom stereocenters. The van der Waals surface area contributed by atoms with Gasteiger partial charge in [-0.1, -0.05) is 0 Å². The molecule has 0 amide bonds. The minimum absolute atomic E-state index is 0.556. The Balaban J connectivity index is 2.59. The highest BCUT2D eigenvalue weighted by Gasteiger charge is 2.00. The molecule has 1 aromatic heterocycles. The normalized spacial score (nSPS) is 9.20. The predicted octanol–water partition coefficient (Wildman–Crippen LogP) is 2.05. The second kappa shape index (κ2) is 3.07. The first-order chi connectivity index (χ1) is 4.84. The quantitative estimate of drug-likeness (QED) is 0.567. The van der Waals surface area contributed by atoms with Crippen molar-refractivity contribution in [3.8, 4) is 0 Å². The Labute approximate surface area is 60.3 Å². The van der Waals surface area contributed by atoms with Gasteiger partial charge in [-0.2, -0.15) is 0 Å². The van der Waals surface area contributed by atoms with E-state index in [1.807, 2.05) is 13.0 Å². The molecular formula is C8H9NO. The Morgan fingerprint density at radius 1 is 1.70 bits per heavy atom. The van der Waals surface area contributed by atoms with Crippen LogP contribution in [-0.2, 0) is 6.42 Å². The standard InChI is InChI=1S/C8H9NO/c1-7-8(3-5-9-2)4-6-10-7/h4,6H,3,5H2,1H3. The van der Waals surface area contributed by atoms with E-state index in [0.717, 1.165) is 17.7 Å². The third kappa shape index (κ3) is 1.38. The van der Waals surface area contributed by atoms with Crippen LogP contribution >= 0.6 is 0 Å². The van der Waals surface area contributed by atoms with Crippen molar-refractivity contribution in [2.24, 2.45) is 0 Å². The van der Waals surface area contributed by atoms with Crippen LogP contribution in [0.15, 0.2) is 16.7 Å². The average Bonchev–Trinajstić information content (AvgIpc) is 2.31. The monoisotopic (exact) mass is 135 g/mol. The third-order valence-electron chi connectivity index (χ3n) is 1.46. The van der Waals surface area contributed by atoms with Gasteiger partial charge in [-0.3, -0.25) is 0 Å². The van der Waals surface area contributed by atoms with E-state index in [1.165, 1.54) is 0 Å². The first kappa shape index (κ1) is 6.88. The summed E-state index contributed by atoms with van der Waals surface area (Å²) in [6.07, 6.45) is 2.47. The molecule has 1 heterocycles. The van der Waals surface area contributed by atoms with Crippen LogP contribution in [0.4, 0.5) is 0 Å². The molecule has 2 heteroatoms.